The van der Waals surface area contributed by atoms with E-state index in [1.165, 1.54) is 6.07 Å². The summed E-state index contributed by atoms with van der Waals surface area (Å²) < 4.78 is 37.2. The van der Waals surface area contributed by atoms with Gasteiger partial charge in [-0.1, -0.05) is 24.4 Å². The molecular formula is C13H10F3N3S. The molecule has 0 amide bonds. The van der Waals surface area contributed by atoms with Crippen LogP contribution in [0.1, 0.15) is 11.3 Å². The van der Waals surface area contributed by atoms with Crippen molar-refractivity contribution in [1.29, 1.82) is 0 Å². The fourth-order valence-electron chi connectivity index (χ4n) is 1.60. The molecule has 0 bridgehead atoms. The number of halogens is 3. The van der Waals surface area contributed by atoms with Crippen molar-refractivity contribution in [2.75, 3.05) is 5.32 Å². The van der Waals surface area contributed by atoms with Crippen LogP contribution in [0, 0.1) is 0 Å². The number of aromatic nitrogens is 1. The van der Waals surface area contributed by atoms with E-state index < -0.39 is 11.9 Å². The van der Waals surface area contributed by atoms with Crippen LogP contribution in [0.15, 0.2) is 42.6 Å². The van der Waals surface area contributed by atoms with E-state index in [-0.39, 0.29) is 4.99 Å². The Balaban J connectivity index is 2.25. The molecule has 2 rings (SSSR count). The van der Waals surface area contributed by atoms with E-state index in [1.807, 2.05) is 0 Å². The van der Waals surface area contributed by atoms with E-state index in [2.05, 4.69) is 10.3 Å². The van der Waals surface area contributed by atoms with Crippen LogP contribution < -0.4 is 11.1 Å². The first kappa shape index (κ1) is 14.3. The lowest BCUT2D eigenvalue weighted by Crippen LogP contribution is -2.12. The molecule has 3 N–H and O–H groups in total. The maximum atomic E-state index is 12.4. The third-order valence-corrected chi connectivity index (χ3v) is 2.75. The average Bonchev–Trinajstić information content (AvgIpc) is 2.38. The normalized spacial score (nSPS) is 11.2. The highest BCUT2D eigenvalue weighted by Crippen LogP contribution is 2.28. The summed E-state index contributed by atoms with van der Waals surface area (Å²) in [5.74, 6) is 0. The first-order valence-corrected chi connectivity index (χ1v) is 5.98. The average molecular weight is 297 g/mol. The van der Waals surface area contributed by atoms with E-state index in [9.17, 15) is 13.2 Å². The predicted molar refractivity (Wildman–Crippen MR) is 74.9 cm³/mol. The molecule has 0 radical (unpaired) electrons. The van der Waals surface area contributed by atoms with Gasteiger partial charge in [0.15, 0.2) is 0 Å². The van der Waals surface area contributed by atoms with E-state index >= 15 is 0 Å². The van der Waals surface area contributed by atoms with Crippen molar-refractivity contribution in [2.24, 2.45) is 5.73 Å². The third-order valence-electron chi connectivity index (χ3n) is 2.53. The second-order valence-electron chi connectivity index (χ2n) is 3.96. The fourth-order valence-corrected chi connectivity index (χ4v) is 1.78. The monoisotopic (exact) mass is 297 g/mol. The number of para-hydroxylation sites is 1. The summed E-state index contributed by atoms with van der Waals surface area (Å²) >= 11 is 4.91. The Hall–Kier alpha value is -2.15. The van der Waals surface area contributed by atoms with Gasteiger partial charge in [0.1, 0.15) is 10.7 Å². The largest absolute Gasteiger partial charge is 0.433 e. The lowest BCUT2D eigenvalue weighted by molar-refractivity contribution is -0.141. The molecule has 2 aromatic rings. The Bertz CT molecular complexity index is 624. The Morgan fingerprint density at radius 3 is 2.40 bits per heavy atom. The number of nitrogens with two attached hydrogens (primary N) is 1. The van der Waals surface area contributed by atoms with Gasteiger partial charge in [-0.2, -0.15) is 13.2 Å². The lowest BCUT2D eigenvalue weighted by Gasteiger charge is -2.11. The molecule has 0 aliphatic carbocycles. The van der Waals surface area contributed by atoms with Crippen molar-refractivity contribution in [2.45, 2.75) is 6.18 Å². The van der Waals surface area contributed by atoms with E-state index in [0.29, 0.717) is 16.9 Å². The summed E-state index contributed by atoms with van der Waals surface area (Å²) in [5, 5.41) is 2.94. The highest BCUT2D eigenvalue weighted by Gasteiger charge is 2.32. The first-order chi connectivity index (χ1) is 9.38. The number of anilines is 2. The number of benzene rings is 1. The van der Waals surface area contributed by atoms with Gasteiger partial charge in [0, 0.05) is 11.3 Å². The summed E-state index contributed by atoms with van der Waals surface area (Å²) in [4.78, 5) is 3.57. The molecule has 0 saturated heterocycles. The van der Waals surface area contributed by atoms with Crippen molar-refractivity contribution in [3.05, 3.63) is 53.9 Å². The van der Waals surface area contributed by atoms with Crippen molar-refractivity contribution in [1.82, 2.24) is 4.98 Å². The molecule has 0 aliphatic heterocycles. The predicted octanol–water partition coefficient (Wildman–Crippen LogP) is 3.48. The number of alkyl halides is 3. The molecule has 7 heteroatoms. The summed E-state index contributed by atoms with van der Waals surface area (Å²) in [6.45, 7) is 0. The van der Waals surface area contributed by atoms with Gasteiger partial charge in [-0.25, -0.2) is 4.98 Å². The highest BCUT2D eigenvalue weighted by atomic mass is 32.1. The van der Waals surface area contributed by atoms with Crippen LogP contribution in [-0.4, -0.2) is 9.97 Å². The smallest absolute Gasteiger partial charge is 0.389 e. The van der Waals surface area contributed by atoms with Crippen LogP contribution in [0.3, 0.4) is 0 Å². The standard InChI is InChI=1S/C13H10F3N3S/c14-13(15,16)11-6-5-8(7-18-11)19-10-4-2-1-3-9(10)12(17)20/h1-7,19H,(H2,17,20). The molecule has 1 aromatic heterocycles. The van der Waals surface area contributed by atoms with Gasteiger partial charge < -0.3 is 11.1 Å². The number of nitrogens with one attached hydrogen (secondary N) is 1. The second-order valence-corrected chi connectivity index (χ2v) is 4.40. The number of hydrogen-bond donors (Lipinski definition) is 2. The zero-order valence-electron chi connectivity index (χ0n) is 10.1. The topological polar surface area (TPSA) is 50.9 Å². The maximum absolute atomic E-state index is 12.4. The number of pyridine rings is 1. The van der Waals surface area contributed by atoms with E-state index in [1.54, 1.807) is 24.3 Å². The van der Waals surface area contributed by atoms with Crippen LogP contribution >= 0.6 is 12.2 Å². The molecule has 0 fully saturated rings. The van der Waals surface area contributed by atoms with E-state index in [4.69, 9.17) is 18.0 Å². The van der Waals surface area contributed by atoms with Crippen molar-refractivity contribution in [3.63, 3.8) is 0 Å². The molecule has 0 atom stereocenters. The SMILES string of the molecule is NC(=S)c1ccccc1Nc1ccc(C(F)(F)F)nc1. The minimum Gasteiger partial charge on any atom is -0.389 e. The second kappa shape index (κ2) is 5.46. The molecule has 104 valence electrons. The fraction of sp³-hybridized carbons (Fsp3) is 0.0769. The zero-order chi connectivity index (χ0) is 14.8. The van der Waals surface area contributed by atoms with Crippen LogP contribution in [0.2, 0.25) is 0 Å². The highest BCUT2D eigenvalue weighted by molar-refractivity contribution is 7.80. The molecule has 1 heterocycles. The van der Waals surface area contributed by atoms with Crippen molar-refractivity contribution in [3.8, 4) is 0 Å². The minimum absolute atomic E-state index is 0.202. The Morgan fingerprint density at radius 2 is 1.85 bits per heavy atom. The summed E-state index contributed by atoms with van der Waals surface area (Å²) in [7, 11) is 0. The van der Waals surface area contributed by atoms with E-state index in [0.717, 1.165) is 12.3 Å². The third kappa shape index (κ3) is 3.24. The van der Waals surface area contributed by atoms with Gasteiger partial charge in [-0.3, -0.25) is 0 Å². The van der Waals surface area contributed by atoms with Gasteiger partial charge in [-0.05, 0) is 24.3 Å². The lowest BCUT2D eigenvalue weighted by atomic mass is 10.1. The zero-order valence-corrected chi connectivity index (χ0v) is 10.9. The summed E-state index contributed by atoms with van der Waals surface area (Å²) in [5.41, 5.74) is 6.28. The molecule has 1 aromatic carbocycles. The number of thiocarbonyl (C=S) groups is 1. The Labute approximate surface area is 118 Å². The molecule has 0 unspecified atom stereocenters. The first-order valence-electron chi connectivity index (χ1n) is 5.57. The Kier molecular flexibility index (Phi) is 3.89. The van der Waals surface area contributed by atoms with Gasteiger partial charge in [-0.15, -0.1) is 0 Å². The van der Waals surface area contributed by atoms with Crippen molar-refractivity contribution >= 4 is 28.6 Å². The van der Waals surface area contributed by atoms with Crippen LogP contribution in [0.25, 0.3) is 0 Å². The Morgan fingerprint density at radius 1 is 1.15 bits per heavy atom. The van der Waals surface area contributed by atoms with Gasteiger partial charge >= 0.3 is 6.18 Å². The van der Waals surface area contributed by atoms with Gasteiger partial charge in [0.25, 0.3) is 0 Å². The molecule has 0 spiro atoms. The molecular weight excluding hydrogens is 287 g/mol. The summed E-state index contributed by atoms with van der Waals surface area (Å²) in [6.07, 6.45) is -3.34. The quantitative estimate of drug-likeness (QED) is 0.852. The van der Waals surface area contributed by atoms with Crippen molar-refractivity contribution < 1.29 is 13.2 Å². The van der Waals surface area contributed by atoms with Crippen LogP contribution in [-0.2, 0) is 6.18 Å². The molecule has 3 nitrogen and oxygen atoms in total. The number of hydrogen-bond acceptors (Lipinski definition) is 3. The number of rotatable bonds is 3. The molecule has 20 heavy (non-hydrogen) atoms. The van der Waals surface area contributed by atoms with Gasteiger partial charge in [0.05, 0.1) is 11.9 Å². The minimum atomic E-state index is -4.45. The van der Waals surface area contributed by atoms with Crippen LogP contribution in [0.5, 0.6) is 0 Å². The van der Waals surface area contributed by atoms with Crippen LogP contribution in [0.4, 0.5) is 24.5 Å². The summed E-state index contributed by atoms with van der Waals surface area (Å²) in [6, 6.07) is 9.19. The maximum Gasteiger partial charge on any atom is 0.433 e. The number of nitrogens with zero attached hydrogens (tertiary/aromatic N) is 1. The molecule has 0 aliphatic rings. The molecule has 0 saturated carbocycles. The van der Waals surface area contributed by atoms with Gasteiger partial charge in [0.2, 0.25) is 0 Å².